The second kappa shape index (κ2) is 8.93. The maximum atomic E-state index is 12.7. The number of hydrogen-bond acceptors (Lipinski definition) is 4. The molecular formula is C22H27ClN4O. The van der Waals surface area contributed by atoms with Crippen LogP contribution in [-0.2, 0) is 0 Å². The first-order valence-corrected chi connectivity index (χ1v) is 10.6. The molecule has 1 aromatic carbocycles. The summed E-state index contributed by atoms with van der Waals surface area (Å²) in [7, 11) is 0. The molecule has 4 rings (SSSR count). The molecule has 1 aliphatic carbocycles. The van der Waals surface area contributed by atoms with E-state index in [2.05, 4.69) is 20.5 Å². The van der Waals surface area contributed by atoms with Gasteiger partial charge in [-0.25, -0.2) is 4.98 Å². The maximum Gasteiger partial charge on any atom is 0.258 e. The van der Waals surface area contributed by atoms with Crippen molar-refractivity contribution < 1.29 is 4.79 Å². The fourth-order valence-electron chi connectivity index (χ4n) is 4.00. The van der Waals surface area contributed by atoms with Crippen molar-refractivity contribution in [2.45, 2.75) is 38.1 Å². The van der Waals surface area contributed by atoms with E-state index in [0.29, 0.717) is 22.3 Å². The molecule has 5 nitrogen and oxygen atoms in total. The summed E-state index contributed by atoms with van der Waals surface area (Å²) in [4.78, 5) is 19.5. The van der Waals surface area contributed by atoms with Gasteiger partial charge in [-0.1, -0.05) is 30.2 Å². The van der Waals surface area contributed by atoms with Crippen molar-refractivity contribution in [1.82, 2.24) is 9.88 Å². The van der Waals surface area contributed by atoms with Gasteiger partial charge in [0, 0.05) is 24.5 Å². The zero-order valence-electron chi connectivity index (χ0n) is 16.0. The van der Waals surface area contributed by atoms with Crippen LogP contribution in [0.4, 0.5) is 11.5 Å². The monoisotopic (exact) mass is 398 g/mol. The van der Waals surface area contributed by atoms with Crippen LogP contribution in [0, 0.1) is 5.92 Å². The average Bonchev–Trinajstić information content (AvgIpc) is 2.68. The largest absolute Gasteiger partial charge is 0.384 e. The first kappa shape index (κ1) is 19.2. The number of rotatable bonds is 6. The number of pyridine rings is 1. The third-order valence-corrected chi connectivity index (χ3v) is 6.19. The van der Waals surface area contributed by atoms with Crippen LogP contribution in [0.2, 0.25) is 5.02 Å². The summed E-state index contributed by atoms with van der Waals surface area (Å²) in [6.07, 6.45) is 8.15. The molecule has 2 fully saturated rings. The number of aromatic nitrogens is 1. The Morgan fingerprint density at radius 2 is 1.89 bits per heavy atom. The van der Waals surface area contributed by atoms with E-state index in [9.17, 15) is 4.79 Å². The Labute approximate surface area is 171 Å². The fourth-order valence-corrected chi connectivity index (χ4v) is 4.11. The topological polar surface area (TPSA) is 57.3 Å². The van der Waals surface area contributed by atoms with E-state index in [0.717, 1.165) is 18.3 Å². The van der Waals surface area contributed by atoms with Crippen LogP contribution in [0.3, 0.4) is 0 Å². The fraction of sp³-hybridized carbons (Fsp3) is 0.455. The minimum absolute atomic E-state index is 0.169. The zero-order chi connectivity index (χ0) is 19.3. The van der Waals surface area contributed by atoms with Crippen LogP contribution in [0.1, 0.15) is 42.5 Å². The number of nitrogens with zero attached hydrogens (tertiary/aromatic N) is 2. The molecule has 1 amide bonds. The van der Waals surface area contributed by atoms with Gasteiger partial charge in [-0.15, -0.1) is 0 Å². The van der Waals surface area contributed by atoms with Gasteiger partial charge >= 0.3 is 0 Å². The molecular weight excluding hydrogens is 372 g/mol. The number of piperidine rings is 1. The molecule has 6 heteroatoms. The number of carbonyl (C=O) groups is 1. The number of halogens is 1. The summed E-state index contributed by atoms with van der Waals surface area (Å²) in [5, 5.41) is 6.89. The molecule has 1 saturated carbocycles. The summed E-state index contributed by atoms with van der Waals surface area (Å²) in [6, 6.07) is 11.9. The Bertz CT molecular complexity index is 798. The van der Waals surface area contributed by atoms with Crippen LogP contribution < -0.4 is 10.6 Å². The van der Waals surface area contributed by atoms with Gasteiger partial charge in [0.25, 0.3) is 5.91 Å². The zero-order valence-corrected chi connectivity index (χ0v) is 16.8. The van der Waals surface area contributed by atoms with Crippen molar-refractivity contribution >= 4 is 29.0 Å². The Balaban J connectivity index is 1.32. The van der Waals surface area contributed by atoms with E-state index >= 15 is 0 Å². The van der Waals surface area contributed by atoms with Crippen LogP contribution >= 0.6 is 11.6 Å². The third kappa shape index (κ3) is 4.65. The van der Waals surface area contributed by atoms with Gasteiger partial charge in [0.15, 0.2) is 0 Å². The molecule has 2 N–H and O–H groups in total. The first-order valence-electron chi connectivity index (χ1n) is 10.2. The van der Waals surface area contributed by atoms with Gasteiger partial charge in [-0.2, -0.15) is 0 Å². The van der Waals surface area contributed by atoms with E-state index in [1.807, 2.05) is 24.3 Å². The van der Waals surface area contributed by atoms with Crippen molar-refractivity contribution in [3.05, 3.63) is 53.2 Å². The number of nitrogens with one attached hydrogen (secondary N) is 2. The Morgan fingerprint density at radius 3 is 2.57 bits per heavy atom. The summed E-state index contributed by atoms with van der Waals surface area (Å²) >= 11 is 5.86. The lowest BCUT2D eigenvalue weighted by molar-refractivity contribution is 0.0871. The number of para-hydroxylation sites is 1. The number of amides is 1. The van der Waals surface area contributed by atoms with Gasteiger partial charge in [-0.3, -0.25) is 4.79 Å². The molecule has 0 unspecified atom stereocenters. The van der Waals surface area contributed by atoms with Crippen LogP contribution in [0.25, 0.3) is 0 Å². The molecule has 2 heterocycles. The quantitative estimate of drug-likeness (QED) is 0.742. The molecule has 1 aliphatic heterocycles. The minimum atomic E-state index is -0.169. The maximum absolute atomic E-state index is 12.7. The number of carbonyl (C=O) groups excluding carboxylic acids is 1. The molecule has 0 atom stereocenters. The summed E-state index contributed by atoms with van der Waals surface area (Å²) in [5.74, 6) is 0.982. The second-order valence-electron chi connectivity index (χ2n) is 7.81. The molecule has 0 bridgehead atoms. The third-order valence-electron chi connectivity index (χ3n) is 5.96. The first-order chi connectivity index (χ1) is 13.7. The summed E-state index contributed by atoms with van der Waals surface area (Å²) in [5.41, 5.74) is 1.50. The van der Waals surface area contributed by atoms with Gasteiger partial charge in [0.05, 0.1) is 10.6 Å². The summed E-state index contributed by atoms with van der Waals surface area (Å²) < 4.78 is 0. The van der Waals surface area contributed by atoms with E-state index in [1.165, 1.54) is 51.4 Å². The van der Waals surface area contributed by atoms with Crippen LogP contribution in [0.5, 0.6) is 0 Å². The summed E-state index contributed by atoms with van der Waals surface area (Å²) in [6.45, 7) is 3.32. The van der Waals surface area contributed by atoms with E-state index in [4.69, 9.17) is 11.6 Å². The smallest absolute Gasteiger partial charge is 0.258 e. The predicted molar refractivity (Wildman–Crippen MR) is 114 cm³/mol. The Morgan fingerprint density at radius 1 is 1.11 bits per heavy atom. The van der Waals surface area contributed by atoms with Gasteiger partial charge < -0.3 is 15.5 Å². The molecule has 1 aromatic heterocycles. The number of anilines is 2. The Kier molecular flexibility index (Phi) is 6.13. The van der Waals surface area contributed by atoms with E-state index in [-0.39, 0.29) is 5.91 Å². The van der Waals surface area contributed by atoms with Crippen molar-refractivity contribution in [3.63, 3.8) is 0 Å². The van der Waals surface area contributed by atoms with Crippen molar-refractivity contribution in [1.29, 1.82) is 0 Å². The molecule has 2 aromatic rings. The number of benzene rings is 1. The van der Waals surface area contributed by atoms with Gasteiger partial charge in [-0.05, 0) is 69.0 Å². The lowest BCUT2D eigenvalue weighted by atomic mass is 9.88. The number of hydrogen-bond donors (Lipinski definition) is 2. The van der Waals surface area contributed by atoms with Crippen molar-refractivity contribution in [2.75, 3.05) is 30.3 Å². The highest BCUT2D eigenvalue weighted by Crippen LogP contribution is 2.29. The van der Waals surface area contributed by atoms with Gasteiger partial charge in [0.2, 0.25) is 0 Å². The predicted octanol–water partition coefficient (Wildman–Crippen LogP) is 4.66. The van der Waals surface area contributed by atoms with E-state index < -0.39 is 0 Å². The number of likely N-dealkylation sites (tertiary alicyclic amines) is 1. The van der Waals surface area contributed by atoms with Crippen LogP contribution in [0.15, 0.2) is 42.6 Å². The Hall–Kier alpha value is -2.11. The average molecular weight is 399 g/mol. The minimum Gasteiger partial charge on any atom is -0.384 e. The highest BCUT2D eigenvalue weighted by atomic mass is 35.5. The molecule has 148 valence electrons. The highest BCUT2D eigenvalue weighted by Gasteiger charge is 2.28. The van der Waals surface area contributed by atoms with Crippen molar-refractivity contribution in [3.8, 4) is 0 Å². The second-order valence-corrected chi connectivity index (χ2v) is 8.24. The van der Waals surface area contributed by atoms with Gasteiger partial charge in [0.1, 0.15) is 5.82 Å². The molecule has 1 saturated heterocycles. The SMILES string of the molecule is O=C(Nc1ccc(Cl)cn1)c1ccccc1NCC1CCN(C2CCC2)CC1. The highest BCUT2D eigenvalue weighted by molar-refractivity contribution is 6.30. The molecule has 0 radical (unpaired) electrons. The van der Waals surface area contributed by atoms with Crippen LogP contribution in [-0.4, -0.2) is 41.5 Å². The molecule has 28 heavy (non-hydrogen) atoms. The normalized spacial score (nSPS) is 18.5. The standard InChI is InChI=1S/C22H27ClN4O/c23-17-8-9-21(25-15-17)26-22(28)19-6-1-2-7-20(19)24-14-16-10-12-27(13-11-16)18-4-3-5-18/h1-2,6-9,15-16,18,24H,3-5,10-14H2,(H,25,26,28). The van der Waals surface area contributed by atoms with E-state index in [1.54, 1.807) is 12.1 Å². The molecule has 0 spiro atoms. The lowest BCUT2D eigenvalue weighted by Crippen LogP contribution is -2.45. The molecule has 2 aliphatic rings. The lowest BCUT2D eigenvalue weighted by Gasteiger charge is -2.41. The van der Waals surface area contributed by atoms with Crippen molar-refractivity contribution in [2.24, 2.45) is 5.92 Å².